The predicted octanol–water partition coefficient (Wildman–Crippen LogP) is 4.80. The Morgan fingerprint density at radius 1 is 1.05 bits per heavy atom. The molecule has 2 aromatic rings. The lowest BCUT2D eigenvalue weighted by molar-refractivity contribution is -0.164. The Balaban J connectivity index is 1.87. The fraction of sp³-hybridized carbons (Fsp3) is 0.500. The van der Waals surface area contributed by atoms with Crippen molar-refractivity contribution < 1.29 is 38.5 Å². The Labute approximate surface area is 247 Å². The maximum Gasteiger partial charge on any atom is 0.329 e. The largest absolute Gasteiger partial charge is 0.493 e. The zero-order valence-electron chi connectivity index (χ0n) is 25.1. The average molecular weight is 583 g/mol. The lowest BCUT2D eigenvalue weighted by Gasteiger charge is -2.36. The van der Waals surface area contributed by atoms with Gasteiger partial charge in [0.2, 0.25) is 5.78 Å². The highest BCUT2D eigenvalue weighted by molar-refractivity contribution is 6.38. The van der Waals surface area contributed by atoms with E-state index < -0.39 is 41.2 Å². The number of carboxylic acids is 1. The van der Waals surface area contributed by atoms with Gasteiger partial charge in [0.25, 0.3) is 5.91 Å². The molecule has 2 N–H and O–H groups in total. The Kier molecular flexibility index (Phi) is 11.4. The molecule has 42 heavy (non-hydrogen) atoms. The first-order chi connectivity index (χ1) is 20.0. The van der Waals surface area contributed by atoms with Crippen LogP contribution in [-0.2, 0) is 30.3 Å². The Morgan fingerprint density at radius 2 is 1.79 bits per heavy atom. The minimum Gasteiger partial charge on any atom is -0.493 e. The molecule has 0 spiro atoms. The number of aliphatic carboxylic acids is 1. The number of hydrogen-bond acceptors (Lipinski definition) is 8. The first kappa shape index (κ1) is 32.4. The quantitative estimate of drug-likeness (QED) is 0.238. The summed E-state index contributed by atoms with van der Waals surface area (Å²) in [7, 11) is 3.12. The summed E-state index contributed by atoms with van der Waals surface area (Å²) in [6, 6.07) is 11.8. The summed E-state index contributed by atoms with van der Waals surface area (Å²) in [5.41, 5.74) is 1.37. The number of carbonyl (C=O) groups excluding carboxylic acids is 3. The van der Waals surface area contributed by atoms with Crippen molar-refractivity contribution in [1.82, 2.24) is 4.90 Å². The molecule has 1 saturated heterocycles. The number of Topliss-reactive ketones (excluding diaryl/α,β-unsaturated/α-hetero) is 1. The Hall–Kier alpha value is -4.08. The molecule has 0 aliphatic carbocycles. The topological polar surface area (TPSA) is 131 Å². The van der Waals surface area contributed by atoms with E-state index in [1.807, 2.05) is 31.2 Å². The molecule has 1 fully saturated rings. The molecular weight excluding hydrogens is 540 g/mol. The third-order valence-corrected chi connectivity index (χ3v) is 7.83. The highest BCUT2D eigenvalue weighted by Gasteiger charge is 2.41. The molecule has 0 aromatic heterocycles. The van der Waals surface area contributed by atoms with Gasteiger partial charge in [-0.2, -0.15) is 0 Å². The van der Waals surface area contributed by atoms with Crippen LogP contribution in [0.15, 0.2) is 42.5 Å². The van der Waals surface area contributed by atoms with Crippen molar-refractivity contribution in [1.29, 1.82) is 0 Å². The van der Waals surface area contributed by atoms with Crippen molar-refractivity contribution in [2.24, 2.45) is 5.41 Å². The first-order valence-electron chi connectivity index (χ1n) is 14.3. The molecule has 2 aromatic carbocycles. The molecule has 1 amide bonds. The molecule has 228 valence electrons. The van der Waals surface area contributed by atoms with Crippen LogP contribution in [-0.4, -0.2) is 67.0 Å². The molecule has 0 radical (unpaired) electrons. The van der Waals surface area contributed by atoms with E-state index in [-0.39, 0.29) is 6.54 Å². The molecule has 0 bridgehead atoms. The van der Waals surface area contributed by atoms with Crippen molar-refractivity contribution in [3.05, 3.63) is 53.6 Å². The summed E-state index contributed by atoms with van der Waals surface area (Å²) in [6.07, 6.45) is 2.60. The van der Waals surface area contributed by atoms with E-state index in [9.17, 15) is 19.2 Å². The molecule has 1 aliphatic rings. The van der Waals surface area contributed by atoms with Crippen LogP contribution >= 0.6 is 0 Å². The lowest BCUT2D eigenvalue weighted by atomic mass is 9.84. The van der Waals surface area contributed by atoms with E-state index in [1.54, 1.807) is 46.3 Å². The molecule has 0 unspecified atom stereocenters. The predicted molar refractivity (Wildman–Crippen MR) is 158 cm³/mol. The maximum absolute atomic E-state index is 13.7. The summed E-state index contributed by atoms with van der Waals surface area (Å²) < 4.78 is 16.9. The van der Waals surface area contributed by atoms with Crippen LogP contribution < -0.4 is 14.8 Å². The number of piperidine rings is 1. The van der Waals surface area contributed by atoms with Gasteiger partial charge in [-0.3, -0.25) is 14.4 Å². The number of hydrogen-bond donors (Lipinski definition) is 2. The molecule has 0 saturated carbocycles. The van der Waals surface area contributed by atoms with Gasteiger partial charge in [-0.1, -0.05) is 39.0 Å². The average Bonchev–Trinajstić information content (AvgIpc) is 3.01. The number of amides is 1. The van der Waals surface area contributed by atoms with Crippen LogP contribution in [0.5, 0.6) is 11.5 Å². The number of ketones is 1. The number of nitrogens with one attached hydrogen (secondary N) is 1. The minimum atomic E-state index is -1.00. The number of methoxy groups -OCH3 is 2. The number of nitrogens with zero attached hydrogens (tertiary/aromatic N) is 1. The zero-order chi connectivity index (χ0) is 30.9. The molecule has 1 heterocycles. The maximum atomic E-state index is 13.7. The first-order valence-corrected chi connectivity index (χ1v) is 14.3. The van der Waals surface area contributed by atoms with Crippen LogP contribution in [0.1, 0.15) is 70.1 Å². The van der Waals surface area contributed by atoms with Gasteiger partial charge in [-0.05, 0) is 73.9 Å². The monoisotopic (exact) mass is 582 g/mol. The van der Waals surface area contributed by atoms with Crippen molar-refractivity contribution >= 4 is 29.3 Å². The standard InChI is InChI=1S/C32H42N2O8/c1-6-32(2,3)29(37)30(38)34-17-8-7-12-24(34)31(39)42-25(22-10-9-11-23(19-22)33-20-28(35)36)15-13-21-14-16-26(40-4)27(18-21)41-5/h9-11,14,16,18-19,24-25,33H,6-8,12-13,15,17,20H2,1-5H3,(H,35,36)/t24-,25+/m0/s1. The number of rotatable bonds is 14. The number of benzene rings is 2. The van der Waals surface area contributed by atoms with Gasteiger partial charge in [0.1, 0.15) is 18.7 Å². The minimum absolute atomic E-state index is 0.263. The van der Waals surface area contributed by atoms with E-state index in [0.29, 0.717) is 61.4 Å². The third kappa shape index (κ3) is 8.24. The number of carbonyl (C=O) groups is 4. The molecule has 3 rings (SSSR count). The van der Waals surface area contributed by atoms with E-state index in [4.69, 9.17) is 19.3 Å². The lowest BCUT2D eigenvalue weighted by Crippen LogP contribution is -2.53. The second kappa shape index (κ2) is 14.7. The highest BCUT2D eigenvalue weighted by Crippen LogP contribution is 2.32. The van der Waals surface area contributed by atoms with Gasteiger partial charge in [0.15, 0.2) is 11.5 Å². The zero-order valence-corrected chi connectivity index (χ0v) is 25.1. The highest BCUT2D eigenvalue weighted by atomic mass is 16.5. The van der Waals surface area contributed by atoms with Crippen molar-refractivity contribution in [3.8, 4) is 11.5 Å². The Bertz CT molecular complexity index is 1270. The Morgan fingerprint density at radius 3 is 2.45 bits per heavy atom. The fourth-order valence-electron chi connectivity index (χ4n) is 4.87. The summed E-state index contributed by atoms with van der Waals surface area (Å²) in [5.74, 6) is -1.54. The second-order valence-corrected chi connectivity index (χ2v) is 11.1. The van der Waals surface area contributed by atoms with E-state index in [2.05, 4.69) is 5.32 Å². The van der Waals surface area contributed by atoms with Crippen LogP contribution in [0.2, 0.25) is 0 Å². The summed E-state index contributed by atoms with van der Waals surface area (Å²) >= 11 is 0. The summed E-state index contributed by atoms with van der Waals surface area (Å²) in [6.45, 7) is 5.38. The molecule has 2 atom stereocenters. The number of likely N-dealkylation sites (tertiary alicyclic amines) is 1. The van der Waals surface area contributed by atoms with E-state index >= 15 is 0 Å². The van der Waals surface area contributed by atoms with E-state index in [1.165, 1.54) is 4.90 Å². The molecular formula is C32H42N2O8. The smallest absolute Gasteiger partial charge is 0.329 e. The fourth-order valence-corrected chi connectivity index (χ4v) is 4.87. The normalized spacial score (nSPS) is 15.8. The van der Waals surface area contributed by atoms with Crippen LogP contribution in [0, 0.1) is 5.41 Å². The summed E-state index contributed by atoms with van der Waals surface area (Å²) in [5, 5.41) is 11.9. The summed E-state index contributed by atoms with van der Waals surface area (Å²) in [4.78, 5) is 52.4. The van der Waals surface area contributed by atoms with Crippen molar-refractivity contribution in [2.75, 3.05) is 32.6 Å². The third-order valence-electron chi connectivity index (χ3n) is 7.83. The number of esters is 1. The van der Waals surface area contributed by atoms with Crippen LogP contribution in [0.4, 0.5) is 5.69 Å². The van der Waals surface area contributed by atoms with Crippen molar-refractivity contribution in [3.63, 3.8) is 0 Å². The van der Waals surface area contributed by atoms with Crippen molar-refractivity contribution in [2.45, 2.75) is 71.4 Å². The van der Waals surface area contributed by atoms with Gasteiger partial charge in [0, 0.05) is 17.6 Å². The van der Waals surface area contributed by atoms with E-state index in [0.717, 1.165) is 12.0 Å². The number of ether oxygens (including phenoxy) is 3. The van der Waals surface area contributed by atoms with Crippen LogP contribution in [0.3, 0.4) is 0 Å². The van der Waals surface area contributed by atoms with Gasteiger partial charge >= 0.3 is 11.9 Å². The van der Waals surface area contributed by atoms with Gasteiger partial charge in [-0.25, -0.2) is 4.79 Å². The van der Waals surface area contributed by atoms with Crippen LogP contribution in [0.25, 0.3) is 0 Å². The molecule has 10 heteroatoms. The number of aryl methyl sites for hydroxylation is 1. The van der Waals surface area contributed by atoms with Gasteiger partial charge in [0.05, 0.1) is 14.2 Å². The number of anilines is 1. The van der Waals surface area contributed by atoms with Gasteiger partial charge in [-0.15, -0.1) is 0 Å². The SMILES string of the molecule is CCC(C)(C)C(=O)C(=O)N1CCCC[C@H]1C(=O)O[C@H](CCc1ccc(OC)c(OC)c1)c1cccc(NCC(=O)O)c1. The number of carboxylic acid groups (broad SMARTS) is 1. The molecule has 1 aliphatic heterocycles. The second-order valence-electron chi connectivity index (χ2n) is 11.1. The molecule has 10 nitrogen and oxygen atoms in total. The van der Waals surface area contributed by atoms with Gasteiger partial charge < -0.3 is 29.5 Å².